The summed E-state index contributed by atoms with van der Waals surface area (Å²) in [5.41, 5.74) is 2.30. The maximum atomic E-state index is 12.3. The maximum Gasteiger partial charge on any atom is 0.259 e. The van der Waals surface area contributed by atoms with E-state index in [2.05, 4.69) is 4.98 Å². The Morgan fingerprint density at radius 2 is 1.91 bits per heavy atom. The Balaban J connectivity index is 2.30. The zero-order valence-corrected chi connectivity index (χ0v) is 12.2. The first-order valence-corrected chi connectivity index (χ1v) is 7.05. The van der Waals surface area contributed by atoms with Crippen LogP contribution in [0.5, 0.6) is 0 Å². The van der Waals surface area contributed by atoms with Gasteiger partial charge in [-0.1, -0.05) is 30.3 Å². The van der Waals surface area contributed by atoms with Crippen molar-refractivity contribution >= 4 is 38.6 Å². The molecule has 0 unspecified atom stereocenters. The van der Waals surface area contributed by atoms with Crippen LogP contribution in [0, 0.1) is 6.92 Å². The molecule has 0 radical (unpaired) electrons. The van der Waals surface area contributed by atoms with Gasteiger partial charge in [0.1, 0.15) is 5.58 Å². The molecule has 2 heterocycles. The molecule has 0 atom stereocenters. The molecule has 0 spiro atoms. The lowest BCUT2D eigenvalue weighted by Crippen LogP contribution is -2.17. The molecule has 0 aliphatic carbocycles. The molecule has 2 aromatic carbocycles. The molecule has 22 heavy (non-hydrogen) atoms. The van der Waals surface area contributed by atoms with Crippen molar-refractivity contribution in [3.63, 3.8) is 0 Å². The molecule has 4 nitrogen and oxygen atoms in total. The average molecular weight is 291 g/mol. The molecule has 0 bridgehead atoms. The maximum absolute atomic E-state index is 12.3. The first-order chi connectivity index (χ1) is 10.6. The summed E-state index contributed by atoms with van der Waals surface area (Å²) in [6.07, 6.45) is 0. The van der Waals surface area contributed by atoms with E-state index in [1.807, 2.05) is 36.4 Å². The Labute approximate surface area is 125 Å². The summed E-state index contributed by atoms with van der Waals surface area (Å²) < 4.78 is 5.91. The molecule has 0 aliphatic rings. The van der Waals surface area contributed by atoms with Crippen LogP contribution in [-0.4, -0.2) is 10.8 Å². The quantitative estimate of drug-likeness (QED) is 0.540. The molecular formula is C18H13NO3. The molecule has 0 saturated heterocycles. The van der Waals surface area contributed by atoms with Crippen LogP contribution in [0.3, 0.4) is 0 Å². The predicted molar refractivity (Wildman–Crippen MR) is 86.6 cm³/mol. The Morgan fingerprint density at radius 3 is 2.68 bits per heavy atom. The molecule has 108 valence electrons. The molecule has 4 heteroatoms. The minimum absolute atomic E-state index is 0.163. The zero-order chi connectivity index (χ0) is 15.4. The van der Waals surface area contributed by atoms with Gasteiger partial charge in [-0.15, -0.1) is 0 Å². The highest BCUT2D eigenvalue weighted by molar-refractivity contribution is 6.18. The van der Waals surface area contributed by atoms with Crippen LogP contribution in [0.4, 0.5) is 0 Å². The van der Waals surface area contributed by atoms with Gasteiger partial charge in [0, 0.05) is 5.56 Å². The summed E-state index contributed by atoms with van der Waals surface area (Å²) >= 11 is 0. The third-order valence-corrected chi connectivity index (χ3v) is 4.11. The van der Waals surface area contributed by atoms with E-state index in [0.29, 0.717) is 22.2 Å². The van der Waals surface area contributed by atoms with Crippen LogP contribution >= 0.6 is 0 Å². The van der Waals surface area contributed by atoms with Crippen LogP contribution in [0.25, 0.3) is 32.8 Å². The van der Waals surface area contributed by atoms with Gasteiger partial charge in [0.15, 0.2) is 11.4 Å². The van der Waals surface area contributed by atoms with Gasteiger partial charge >= 0.3 is 0 Å². The predicted octanol–water partition coefficient (Wildman–Crippen LogP) is 3.94. The monoisotopic (exact) mass is 291 g/mol. The highest BCUT2D eigenvalue weighted by Gasteiger charge is 2.19. The SMILES string of the molecule is CC(=O)c1c(C)c2oc3ccc4ccccc4c3c2[nH]c1=O. The average Bonchev–Trinajstić information content (AvgIpc) is 2.86. The molecule has 4 aromatic rings. The third-order valence-electron chi connectivity index (χ3n) is 4.11. The van der Waals surface area contributed by atoms with Crippen LogP contribution < -0.4 is 5.56 Å². The van der Waals surface area contributed by atoms with Crippen molar-refractivity contribution in [1.82, 2.24) is 4.98 Å². The van der Waals surface area contributed by atoms with Crippen molar-refractivity contribution in [2.24, 2.45) is 0 Å². The van der Waals surface area contributed by atoms with Gasteiger partial charge in [-0.3, -0.25) is 9.59 Å². The molecule has 0 fully saturated rings. The fraction of sp³-hybridized carbons (Fsp3) is 0.111. The van der Waals surface area contributed by atoms with Gasteiger partial charge in [0.2, 0.25) is 0 Å². The van der Waals surface area contributed by atoms with E-state index in [-0.39, 0.29) is 16.9 Å². The number of fused-ring (bicyclic) bond motifs is 5. The van der Waals surface area contributed by atoms with Gasteiger partial charge in [0.05, 0.1) is 16.5 Å². The van der Waals surface area contributed by atoms with Gasteiger partial charge in [-0.2, -0.15) is 0 Å². The second-order valence-electron chi connectivity index (χ2n) is 5.48. The standard InChI is InChI=1S/C18H13NO3/c1-9-14(10(2)20)18(21)19-16-15-12-6-4-3-5-11(12)7-8-13(15)22-17(9)16/h3-8H,1-2H3,(H,19,21). The number of nitrogens with one attached hydrogen (secondary N) is 1. The van der Waals surface area contributed by atoms with E-state index in [1.165, 1.54) is 6.92 Å². The normalized spacial score (nSPS) is 11.5. The fourth-order valence-electron chi connectivity index (χ4n) is 3.14. The summed E-state index contributed by atoms with van der Waals surface area (Å²) in [6, 6.07) is 11.8. The van der Waals surface area contributed by atoms with Gasteiger partial charge < -0.3 is 9.40 Å². The van der Waals surface area contributed by atoms with E-state index >= 15 is 0 Å². The number of hydrogen-bond acceptors (Lipinski definition) is 3. The zero-order valence-electron chi connectivity index (χ0n) is 12.2. The van der Waals surface area contributed by atoms with E-state index < -0.39 is 0 Å². The van der Waals surface area contributed by atoms with Crippen LogP contribution in [-0.2, 0) is 0 Å². The molecule has 1 N–H and O–H groups in total. The van der Waals surface area contributed by atoms with E-state index in [1.54, 1.807) is 6.92 Å². The lowest BCUT2D eigenvalue weighted by atomic mass is 10.0. The number of furan rings is 1. The minimum atomic E-state index is -0.367. The number of pyridine rings is 1. The Hall–Kier alpha value is -2.88. The number of benzene rings is 2. The van der Waals surface area contributed by atoms with Crippen molar-refractivity contribution in [3.8, 4) is 0 Å². The molecule has 0 amide bonds. The summed E-state index contributed by atoms with van der Waals surface area (Å²) in [7, 11) is 0. The minimum Gasteiger partial charge on any atom is -0.454 e. The number of aryl methyl sites for hydroxylation is 1. The first-order valence-electron chi connectivity index (χ1n) is 7.05. The number of carbonyl (C=O) groups excluding carboxylic acids is 1. The largest absolute Gasteiger partial charge is 0.454 e. The lowest BCUT2D eigenvalue weighted by Gasteiger charge is -2.01. The lowest BCUT2D eigenvalue weighted by molar-refractivity contribution is 0.101. The molecule has 2 aromatic heterocycles. The number of aromatic nitrogens is 1. The number of hydrogen-bond donors (Lipinski definition) is 1. The molecular weight excluding hydrogens is 278 g/mol. The van der Waals surface area contributed by atoms with Crippen LogP contribution in [0.2, 0.25) is 0 Å². The first kappa shape index (κ1) is 12.8. The van der Waals surface area contributed by atoms with Gasteiger partial charge in [-0.05, 0) is 30.7 Å². The highest BCUT2D eigenvalue weighted by atomic mass is 16.3. The number of carbonyl (C=O) groups is 1. The number of rotatable bonds is 1. The summed E-state index contributed by atoms with van der Waals surface area (Å²) in [5.74, 6) is -0.258. The van der Waals surface area contributed by atoms with Crippen LogP contribution in [0.15, 0.2) is 45.6 Å². The second kappa shape index (κ2) is 4.31. The van der Waals surface area contributed by atoms with Gasteiger partial charge in [-0.25, -0.2) is 0 Å². The number of aromatic amines is 1. The summed E-state index contributed by atoms with van der Waals surface area (Å²) in [6.45, 7) is 3.14. The van der Waals surface area contributed by atoms with Crippen LogP contribution in [0.1, 0.15) is 22.8 Å². The van der Waals surface area contributed by atoms with E-state index in [0.717, 1.165) is 16.2 Å². The Bertz CT molecular complexity index is 1130. The second-order valence-corrected chi connectivity index (χ2v) is 5.48. The van der Waals surface area contributed by atoms with Crippen molar-refractivity contribution in [2.45, 2.75) is 13.8 Å². The third kappa shape index (κ3) is 1.58. The van der Waals surface area contributed by atoms with E-state index in [9.17, 15) is 9.59 Å². The Kier molecular flexibility index (Phi) is 2.51. The van der Waals surface area contributed by atoms with Crippen molar-refractivity contribution in [3.05, 3.63) is 57.9 Å². The molecule has 4 rings (SSSR count). The summed E-state index contributed by atoms with van der Waals surface area (Å²) in [4.78, 5) is 26.8. The number of H-pyrrole nitrogens is 1. The van der Waals surface area contributed by atoms with Crippen molar-refractivity contribution in [2.75, 3.05) is 0 Å². The number of ketones is 1. The summed E-state index contributed by atoms with van der Waals surface area (Å²) in [5, 5.41) is 2.97. The topological polar surface area (TPSA) is 63.1 Å². The van der Waals surface area contributed by atoms with Gasteiger partial charge in [0.25, 0.3) is 5.56 Å². The smallest absolute Gasteiger partial charge is 0.259 e. The Morgan fingerprint density at radius 1 is 1.14 bits per heavy atom. The van der Waals surface area contributed by atoms with Crippen molar-refractivity contribution in [1.29, 1.82) is 0 Å². The van der Waals surface area contributed by atoms with Crippen molar-refractivity contribution < 1.29 is 9.21 Å². The van der Waals surface area contributed by atoms with E-state index in [4.69, 9.17) is 4.42 Å². The number of Topliss-reactive ketones (excluding diaryl/α,β-unsaturated/α-hetero) is 1. The fourth-order valence-corrected chi connectivity index (χ4v) is 3.14. The highest BCUT2D eigenvalue weighted by Crippen LogP contribution is 2.34. The molecule has 0 saturated carbocycles. The molecule has 0 aliphatic heterocycles.